The van der Waals surface area contributed by atoms with E-state index >= 15 is 0 Å². The maximum Gasteiger partial charge on any atom is 0.0406 e. The lowest BCUT2D eigenvalue weighted by molar-refractivity contribution is 0.306. The first-order valence-corrected chi connectivity index (χ1v) is 5.87. The van der Waals surface area contributed by atoms with E-state index in [0.29, 0.717) is 5.92 Å². The molecule has 0 amide bonds. The smallest absolute Gasteiger partial charge is 0.0406 e. The second-order valence-electron chi connectivity index (χ2n) is 4.62. The summed E-state index contributed by atoms with van der Waals surface area (Å²) in [6, 6.07) is 7.94. The van der Waals surface area contributed by atoms with Crippen LogP contribution in [0, 0.1) is 5.92 Å². The first-order chi connectivity index (χ1) is 6.95. The van der Waals surface area contributed by atoms with E-state index in [2.05, 4.69) is 32.9 Å². The molecule has 0 spiro atoms. The van der Waals surface area contributed by atoms with E-state index in [0.717, 1.165) is 17.9 Å². The van der Waals surface area contributed by atoms with E-state index < -0.39 is 0 Å². The van der Waals surface area contributed by atoms with Crippen LogP contribution in [0.5, 0.6) is 0 Å². The predicted octanol–water partition coefficient (Wildman–Crippen LogP) is 4.07. The Morgan fingerprint density at radius 1 is 1.31 bits per heavy atom. The summed E-state index contributed by atoms with van der Waals surface area (Å²) in [5.74, 6) is 0.521. The Kier molecular flexibility index (Phi) is 6.39. The minimum absolute atomic E-state index is 0. The van der Waals surface area contributed by atoms with Crippen molar-refractivity contribution in [2.24, 2.45) is 11.7 Å². The van der Waals surface area contributed by atoms with Crippen molar-refractivity contribution in [1.82, 2.24) is 0 Å². The van der Waals surface area contributed by atoms with Crippen LogP contribution in [0.3, 0.4) is 0 Å². The SMILES string of the molecule is CCC(C)C(C)(N)Cc1ccc(Cl)cc1.Cl. The van der Waals surface area contributed by atoms with Crippen LogP contribution in [0.2, 0.25) is 5.02 Å². The summed E-state index contributed by atoms with van der Waals surface area (Å²) in [7, 11) is 0. The number of rotatable bonds is 4. The van der Waals surface area contributed by atoms with Gasteiger partial charge in [0, 0.05) is 10.6 Å². The third-order valence-corrected chi connectivity index (χ3v) is 3.49. The highest BCUT2D eigenvalue weighted by atomic mass is 35.5. The zero-order chi connectivity index (χ0) is 11.5. The van der Waals surface area contributed by atoms with Crippen LogP contribution in [0.4, 0.5) is 0 Å². The summed E-state index contributed by atoms with van der Waals surface area (Å²) >= 11 is 5.84. The fraction of sp³-hybridized carbons (Fsp3) is 0.538. The van der Waals surface area contributed by atoms with Gasteiger partial charge in [-0.15, -0.1) is 12.4 Å². The molecule has 16 heavy (non-hydrogen) atoms. The minimum Gasteiger partial charge on any atom is -0.325 e. The molecule has 2 unspecified atom stereocenters. The molecule has 0 aliphatic carbocycles. The molecule has 0 heterocycles. The zero-order valence-corrected chi connectivity index (χ0v) is 11.7. The largest absolute Gasteiger partial charge is 0.325 e. The van der Waals surface area contributed by atoms with Gasteiger partial charge in [0.2, 0.25) is 0 Å². The molecule has 0 aliphatic rings. The molecule has 0 saturated carbocycles. The topological polar surface area (TPSA) is 26.0 Å². The fourth-order valence-corrected chi connectivity index (χ4v) is 1.81. The first kappa shape index (κ1) is 15.8. The van der Waals surface area contributed by atoms with Crippen LogP contribution in [0.15, 0.2) is 24.3 Å². The molecule has 0 saturated heterocycles. The Morgan fingerprint density at radius 2 is 1.81 bits per heavy atom. The lowest BCUT2D eigenvalue weighted by Gasteiger charge is -2.31. The third-order valence-electron chi connectivity index (χ3n) is 3.24. The molecular formula is C13H21Cl2N. The fourth-order valence-electron chi connectivity index (χ4n) is 1.68. The van der Waals surface area contributed by atoms with Crippen LogP contribution in [-0.2, 0) is 6.42 Å². The molecule has 1 nitrogen and oxygen atoms in total. The normalized spacial score (nSPS) is 16.1. The molecule has 3 heteroatoms. The van der Waals surface area contributed by atoms with Gasteiger partial charge in [-0.05, 0) is 37.0 Å². The van der Waals surface area contributed by atoms with Gasteiger partial charge in [0.1, 0.15) is 0 Å². The standard InChI is InChI=1S/C13H20ClN.ClH/c1-4-10(2)13(3,15)9-11-5-7-12(14)8-6-11;/h5-8,10H,4,9,15H2,1-3H3;1H. The van der Waals surface area contributed by atoms with E-state index in [1.807, 2.05) is 12.1 Å². The van der Waals surface area contributed by atoms with Gasteiger partial charge < -0.3 is 5.73 Å². The van der Waals surface area contributed by atoms with E-state index in [4.69, 9.17) is 17.3 Å². The molecule has 2 atom stereocenters. The van der Waals surface area contributed by atoms with Crippen LogP contribution in [-0.4, -0.2) is 5.54 Å². The quantitative estimate of drug-likeness (QED) is 0.869. The van der Waals surface area contributed by atoms with E-state index in [1.165, 1.54) is 5.56 Å². The summed E-state index contributed by atoms with van der Waals surface area (Å²) in [4.78, 5) is 0. The van der Waals surface area contributed by atoms with Crippen LogP contribution >= 0.6 is 24.0 Å². The van der Waals surface area contributed by atoms with E-state index in [9.17, 15) is 0 Å². The van der Waals surface area contributed by atoms with Gasteiger partial charge in [-0.2, -0.15) is 0 Å². The maximum absolute atomic E-state index is 6.31. The van der Waals surface area contributed by atoms with Gasteiger partial charge in [0.05, 0.1) is 0 Å². The molecule has 1 aromatic rings. The molecule has 1 rings (SSSR count). The summed E-state index contributed by atoms with van der Waals surface area (Å²) in [6.45, 7) is 6.50. The zero-order valence-electron chi connectivity index (χ0n) is 10.2. The van der Waals surface area contributed by atoms with Crippen molar-refractivity contribution in [3.63, 3.8) is 0 Å². The second-order valence-corrected chi connectivity index (χ2v) is 5.05. The minimum atomic E-state index is -0.136. The van der Waals surface area contributed by atoms with Crippen LogP contribution in [0.25, 0.3) is 0 Å². The highest BCUT2D eigenvalue weighted by Crippen LogP contribution is 2.22. The van der Waals surface area contributed by atoms with Gasteiger partial charge in [-0.3, -0.25) is 0 Å². The monoisotopic (exact) mass is 261 g/mol. The van der Waals surface area contributed by atoms with Crippen molar-refractivity contribution < 1.29 is 0 Å². The van der Waals surface area contributed by atoms with Crippen molar-refractivity contribution in [2.45, 2.75) is 39.2 Å². The predicted molar refractivity (Wildman–Crippen MR) is 74.5 cm³/mol. The highest BCUT2D eigenvalue weighted by molar-refractivity contribution is 6.30. The third kappa shape index (κ3) is 4.32. The number of hydrogen-bond donors (Lipinski definition) is 1. The van der Waals surface area contributed by atoms with Crippen molar-refractivity contribution in [1.29, 1.82) is 0 Å². The average molecular weight is 262 g/mol. The highest BCUT2D eigenvalue weighted by Gasteiger charge is 2.25. The molecule has 0 fully saturated rings. The Hall–Kier alpha value is -0.240. The number of halogens is 2. The summed E-state index contributed by atoms with van der Waals surface area (Å²) in [5, 5.41) is 0.779. The lowest BCUT2D eigenvalue weighted by atomic mass is 9.81. The molecule has 92 valence electrons. The molecule has 0 aromatic heterocycles. The Bertz CT molecular complexity index is 306. The molecule has 0 radical (unpaired) electrons. The van der Waals surface area contributed by atoms with Gasteiger partial charge >= 0.3 is 0 Å². The van der Waals surface area contributed by atoms with Crippen LogP contribution in [0.1, 0.15) is 32.8 Å². The second kappa shape index (κ2) is 6.48. The Labute approximate surface area is 110 Å². The molecule has 2 N–H and O–H groups in total. The van der Waals surface area contributed by atoms with Crippen molar-refractivity contribution in [2.75, 3.05) is 0 Å². The van der Waals surface area contributed by atoms with Gasteiger partial charge in [0.15, 0.2) is 0 Å². The first-order valence-electron chi connectivity index (χ1n) is 5.49. The van der Waals surface area contributed by atoms with Gasteiger partial charge in [-0.25, -0.2) is 0 Å². The van der Waals surface area contributed by atoms with Crippen molar-refractivity contribution in [3.05, 3.63) is 34.9 Å². The van der Waals surface area contributed by atoms with Crippen molar-refractivity contribution in [3.8, 4) is 0 Å². The average Bonchev–Trinajstić information content (AvgIpc) is 2.20. The number of nitrogens with two attached hydrogens (primary N) is 1. The lowest BCUT2D eigenvalue weighted by Crippen LogP contribution is -2.44. The van der Waals surface area contributed by atoms with Gasteiger partial charge in [-0.1, -0.05) is 44.0 Å². The van der Waals surface area contributed by atoms with E-state index in [1.54, 1.807) is 0 Å². The summed E-state index contributed by atoms with van der Waals surface area (Å²) in [5.41, 5.74) is 7.43. The van der Waals surface area contributed by atoms with Crippen molar-refractivity contribution >= 4 is 24.0 Å². The van der Waals surface area contributed by atoms with Crippen LogP contribution < -0.4 is 5.73 Å². The molecular weight excluding hydrogens is 241 g/mol. The molecule has 1 aromatic carbocycles. The van der Waals surface area contributed by atoms with Gasteiger partial charge in [0.25, 0.3) is 0 Å². The Morgan fingerprint density at radius 3 is 2.25 bits per heavy atom. The summed E-state index contributed by atoms with van der Waals surface area (Å²) < 4.78 is 0. The maximum atomic E-state index is 6.31. The molecule has 0 aliphatic heterocycles. The Balaban J connectivity index is 0.00000225. The summed E-state index contributed by atoms with van der Waals surface area (Å²) in [6.07, 6.45) is 2.01. The number of hydrogen-bond acceptors (Lipinski definition) is 1. The number of benzene rings is 1. The molecule has 0 bridgehead atoms. The van der Waals surface area contributed by atoms with E-state index in [-0.39, 0.29) is 17.9 Å².